The molecule has 0 spiro atoms. The number of ether oxygens (including phenoxy) is 3. The Balaban J connectivity index is 1.42. The lowest BCUT2D eigenvalue weighted by Gasteiger charge is -2.14. The highest BCUT2D eigenvalue weighted by atomic mass is 35.5. The smallest absolute Gasteiger partial charge is 0.338 e. The van der Waals surface area contributed by atoms with Gasteiger partial charge >= 0.3 is 5.97 Å². The highest BCUT2D eigenvalue weighted by Crippen LogP contribution is 2.34. The molecule has 0 bridgehead atoms. The highest BCUT2D eigenvalue weighted by Gasteiger charge is 2.21. The molecule has 142 valence electrons. The minimum Gasteiger partial charge on any atom is -0.454 e. The summed E-state index contributed by atoms with van der Waals surface area (Å²) in [6.45, 7) is 1.65. The van der Waals surface area contributed by atoms with Gasteiger partial charge in [0.15, 0.2) is 17.6 Å². The summed E-state index contributed by atoms with van der Waals surface area (Å²) in [6, 6.07) is 13.3. The lowest BCUT2D eigenvalue weighted by molar-refractivity contribution is -0.123. The van der Waals surface area contributed by atoms with Gasteiger partial charge in [-0.25, -0.2) is 9.78 Å². The first kappa shape index (κ1) is 18.1. The van der Waals surface area contributed by atoms with Crippen molar-refractivity contribution in [3.8, 4) is 11.5 Å². The van der Waals surface area contributed by atoms with Crippen LogP contribution in [0.2, 0.25) is 5.15 Å². The van der Waals surface area contributed by atoms with Crippen molar-refractivity contribution in [2.24, 2.45) is 0 Å². The Hall–Kier alpha value is -3.32. The maximum absolute atomic E-state index is 12.4. The summed E-state index contributed by atoms with van der Waals surface area (Å²) in [5.74, 6) is 0.100. The first-order chi connectivity index (χ1) is 13.5. The Bertz CT molecular complexity index is 1090. The van der Waals surface area contributed by atoms with Crippen molar-refractivity contribution in [1.29, 1.82) is 0 Å². The number of carbonyl (C=O) groups is 2. The lowest BCUT2D eigenvalue weighted by Crippen LogP contribution is -2.30. The molecule has 2 heterocycles. The van der Waals surface area contributed by atoms with Crippen molar-refractivity contribution in [3.05, 3.63) is 59.2 Å². The highest BCUT2D eigenvalue weighted by molar-refractivity contribution is 6.29. The van der Waals surface area contributed by atoms with E-state index in [1.54, 1.807) is 48.5 Å². The zero-order valence-electron chi connectivity index (χ0n) is 14.8. The molecule has 1 aliphatic rings. The molecule has 1 atom stereocenters. The van der Waals surface area contributed by atoms with E-state index in [1.165, 1.54) is 6.92 Å². The number of anilines is 1. The van der Waals surface area contributed by atoms with Gasteiger partial charge in [-0.05, 0) is 49.4 Å². The number of aromatic nitrogens is 1. The molecular weight excluding hydrogens is 384 g/mol. The van der Waals surface area contributed by atoms with E-state index in [9.17, 15) is 9.59 Å². The van der Waals surface area contributed by atoms with Crippen LogP contribution in [0.3, 0.4) is 0 Å². The van der Waals surface area contributed by atoms with E-state index in [-0.39, 0.29) is 6.79 Å². The van der Waals surface area contributed by atoms with Crippen LogP contribution in [0.1, 0.15) is 17.3 Å². The number of hydrogen-bond donors (Lipinski definition) is 1. The van der Waals surface area contributed by atoms with E-state index in [0.29, 0.717) is 33.4 Å². The maximum Gasteiger partial charge on any atom is 0.338 e. The fraction of sp³-hybridized carbons (Fsp3) is 0.150. The summed E-state index contributed by atoms with van der Waals surface area (Å²) >= 11 is 5.86. The second-order valence-corrected chi connectivity index (χ2v) is 6.53. The number of hydrogen-bond acceptors (Lipinski definition) is 6. The van der Waals surface area contributed by atoms with Gasteiger partial charge in [0.05, 0.1) is 11.1 Å². The quantitative estimate of drug-likeness (QED) is 0.531. The van der Waals surface area contributed by atoms with E-state index < -0.39 is 18.0 Å². The number of pyridine rings is 1. The Kier molecular flexibility index (Phi) is 4.75. The number of nitrogens with zero attached hydrogens (tertiary/aromatic N) is 1. The van der Waals surface area contributed by atoms with Crippen LogP contribution in [0.5, 0.6) is 11.5 Å². The fourth-order valence-electron chi connectivity index (χ4n) is 2.73. The molecule has 1 N–H and O–H groups in total. The summed E-state index contributed by atoms with van der Waals surface area (Å²) in [5, 5.41) is 3.81. The second kappa shape index (κ2) is 7.36. The minimum atomic E-state index is -0.989. The van der Waals surface area contributed by atoms with Gasteiger partial charge in [-0.15, -0.1) is 0 Å². The standard InChI is InChI=1S/C20H15ClN2O5/c1-11(19(24)22-14-4-6-16-17(9-14)27-10-26-16)28-20(25)13-2-5-15-12(8-13)3-7-18(21)23-15/h2-9,11H,10H2,1H3,(H,22,24). The molecule has 0 fully saturated rings. The van der Waals surface area contributed by atoms with Crippen LogP contribution in [0, 0.1) is 0 Å². The molecule has 1 aliphatic heterocycles. The molecular formula is C20H15ClN2O5. The van der Waals surface area contributed by atoms with Crippen LogP contribution in [-0.4, -0.2) is 29.8 Å². The molecule has 28 heavy (non-hydrogen) atoms. The molecule has 0 saturated carbocycles. The summed E-state index contributed by atoms with van der Waals surface area (Å²) in [5.41, 5.74) is 1.50. The molecule has 8 heteroatoms. The van der Waals surface area contributed by atoms with Crippen molar-refractivity contribution in [2.45, 2.75) is 13.0 Å². The van der Waals surface area contributed by atoms with Gasteiger partial charge in [0.2, 0.25) is 6.79 Å². The Morgan fingerprint density at radius 1 is 1.11 bits per heavy atom. The van der Waals surface area contributed by atoms with Gasteiger partial charge in [-0.1, -0.05) is 11.6 Å². The third-order valence-corrected chi connectivity index (χ3v) is 4.39. The normalized spacial score (nSPS) is 13.2. The van der Waals surface area contributed by atoms with E-state index in [1.807, 2.05) is 0 Å². The van der Waals surface area contributed by atoms with Crippen LogP contribution in [0.15, 0.2) is 48.5 Å². The van der Waals surface area contributed by atoms with E-state index >= 15 is 0 Å². The molecule has 2 aromatic carbocycles. The summed E-state index contributed by atoms with van der Waals surface area (Å²) in [4.78, 5) is 28.9. The Morgan fingerprint density at radius 3 is 2.79 bits per heavy atom. The number of benzene rings is 2. The van der Waals surface area contributed by atoms with Gasteiger partial charge in [0.1, 0.15) is 5.15 Å². The maximum atomic E-state index is 12.4. The predicted octanol–water partition coefficient (Wildman–Crippen LogP) is 3.80. The first-order valence-electron chi connectivity index (χ1n) is 8.47. The number of amides is 1. The van der Waals surface area contributed by atoms with Crippen LogP contribution < -0.4 is 14.8 Å². The molecule has 1 aromatic heterocycles. The number of fused-ring (bicyclic) bond motifs is 2. The summed E-state index contributed by atoms with van der Waals surface area (Å²) < 4.78 is 15.8. The topological polar surface area (TPSA) is 86.8 Å². The van der Waals surface area contributed by atoms with Crippen molar-refractivity contribution in [2.75, 3.05) is 12.1 Å². The van der Waals surface area contributed by atoms with E-state index in [0.717, 1.165) is 5.39 Å². The van der Waals surface area contributed by atoms with Gasteiger partial charge in [0.25, 0.3) is 5.91 Å². The SMILES string of the molecule is CC(OC(=O)c1ccc2nc(Cl)ccc2c1)C(=O)Nc1ccc2c(c1)OCO2. The van der Waals surface area contributed by atoms with Crippen molar-refractivity contribution in [3.63, 3.8) is 0 Å². The summed E-state index contributed by atoms with van der Waals surface area (Å²) in [7, 11) is 0. The van der Waals surface area contributed by atoms with Crippen LogP contribution in [0.25, 0.3) is 10.9 Å². The molecule has 1 unspecified atom stereocenters. The van der Waals surface area contributed by atoms with E-state index in [4.69, 9.17) is 25.8 Å². The zero-order valence-corrected chi connectivity index (χ0v) is 15.5. The predicted molar refractivity (Wildman–Crippen MR) is 103 cm³/mol. The number of halogens is 1. The van der Waals surface area contributed by atoms with Crippen molar-refractivity contribution < 1.29 is 23.8 Å². The summed E-state index contributed by atoms with van der Waals surface area (Å²) in [6.07, 6.45) is -0.989. The van der Waals surface area contributed by atoms with Crippen LogP contribution in [-0.2, 0) is 9.53 Å². The minimum absolute atomic E-state index is 0.147. The van der Waals surface area contributed by atoms with Gasteiger partial charge in [-0.3, -0.25) is 4.79 Å². The van der Waals surface area contributed by atoms with Crippen LogP contribution >= 0.6 is 11.6 Å². The third kappa shape index (κ3) is 3.70. The molecule has 7 nitrogen and oxygen atoms in total. The van der Waals surface area contributed by atoms with Crippen molar-refractivity contribution in [1.82, 2.24) is 4.98 Å². The lowest BCUT2D eigenvalue weighted by atomic mass is 10.1. The van der Waals surface area contributed by atoms with E-state index in [2.05, 4.69) is 10.3 Å². The van der Waals surface area contributed by atoms with Crippen molar-refractivity contribution >= 4 is 40.1 Å². The average Bonchev–Trinajstić information content (AvgIpc) is 3.15. The number of esters is 1. The number of carbonyl (C=O) groups excluding carboxylic acids is 2. The van der Waals surface area contributed by atoms with Gasteiger partial charge in [0, 0.05) is 17.1 Å². The molecule has 0 radical (unpaired) electrons. The first-order valence-corrected chi connectivity index (χ1v) is 8.85. The molecule has 0 aliphatic carbocycles. The monoisotopic (exact) mass is 398 g/mol. The fourth-order valence-corrected chi connectivity index (χ4v) is 2.88. The van der Waals surface area contributed by atoms with Gasteiger partial charge in [-0.2, -0.15) is 0 Å². The number of nitrogens with one attached hydrogen (secondary N) is 1. The Morgan fingerprint density at radius 2 is 1.93 bits per heavy atom. The zero-order chi connectivity index (χ0) is 19.7. The number of rotatable bonds is 4. The molecule has 1 amide bonds. The van der Waals surface area contributed by atoms with Gasteiger partial charge < -0.3 is 19.5 Å². The average molecular weight is 399 g/mol. The molecule has 4 rings (SSSR count). The molecule has 0 saturated heterocycles. The largest absolute Gasteiger partial charge is 0.454 e. The Labute approximate surface area is 165 Å². The third-order valence-electron chi connectivity index (χ3n) is 4.18. The van der Waals surface area contributed by atoms with Crippen LogP contribution in [0.4, 0.5) is 5.69 Å². The molecule has 3 aromatic rings. The second-order valence-electron chi connectivity index (χ2n) is 6.15.